The van der Waals surface area contributed by atoms with Gasteiger partial charge in [0.25, 0.3) is 5.91 Å². The van der Waals surface area contributed by atoms with Crippen molar-refractivity contribution in [1.82, 2.24) is 0 Å². The number of hydrazone groups is 1. The highest BCUT2D eigenvalue weighted by molar-refractivity contribution is 6.49. The number of benzene rings is 2. The lowest BCUT2D eigenvalue weighted by atomic mass is 10.2. The number of carbonyl (C=O) groups excluding carboxylic acids is 1. The predicted octanol–water partition coefficient (Wildman–Crippen LogP) is 2.24. The summed E-state index contributed by atoms with van der Waals surface area (Å²) in [5, 5.41) is 9.12. The first-order valence-electron chi connectivity index (χ1n) is 6.42. The summed E-state index contributed by atoms with van der Waals surface area (Å²) in [6.07, 6.45) is 0. The van der Waals surface area contributed by atoms with Crippen molar-refractivity contribution in [3.8, 4) is 0 Å². The third kappa shape index (κ3) is 1.56. The first-order chi connectivity index (χ1) is 9.83. The Bertz CT molecular complexity index is 711. The van der Waals surface area contributed by atoms with E-state index in [4.69, 9.17) is 0 Å². The van der Waals surface area contributed by atoms with Crippen LogP contribution in [0.5, 0.6) is 0 Å². The fourth-order valence-electron chi connectivity index (χ4n) is 2.49. The second-order valence-corrected chi connectivity index (χ2v) is 4.70. The molecule has 5 heteroatoms. The van der Waals surface area contributed by atoms with Gasteiger partial charge < -0.3 is 5.32 Å². The highest BCUT2D eigenvalue weighted by atomic mass is 16.2. The summed E-state index contributed by atoms with van der Waals surface area (Å²) in [7, 11) is 0. The maximum atomic E-state index is 12.1. The quantitative estimate of drug-likeness (QED) is 0.859. The number of fused-ring (bicyclic) bond motifs is 3. The molecule has 0 saturated carbocycles. The molecule has 0 atom stereocenters. The minimum atomic E-state index is -0.165. The predicted molar refractivity (Wildman–Crippen MR) is 78.8 cm³/mol. The number of amidine groups is 1. The number of rotatable bonds is 1. The van der Waals surface area contributed by atoms with Crippen LogP contribution in [0.15, 0.2) is 59.7 Å². The van der Waals surface area contributed by atoms with E-state index in [9.17, 15) is 4.79 Å². The summed E-state index contributed by atoms with van der Waals surface area (Å²) in [4.78, 5) is 14.0. The molecular weight excluding hydrogens is 252 g/mol. The molecule has 2 aromatic rings. The van der Waals surface area contributed by atoms with E-state index in [2.05, 4.69) is 10.4 Å². The topological polar surface area (TPSA) is 47.9 Å². The van der Waals surface area contributed by atoms with E-state index in [1.807, 2.05) is 64.5 Å². The standard InChI is InChI=1S/C15H12N4O/c20-15-14-17-19(11-6-2-1-3-7-11)10-18(14)13-9-5-4-8-12(13)16-15/h1-9H,10H2,(H,16,20). The Balaban J connectivity index is 1.76. The molecule has 5 nitrogen and oxygen atoms in total. The average Bonchev–Trinajstić information content (AvgIpc) is 2.94. The van der Waals surface area contributed by atoms with Crippen molar-refractivity contribution in [2.75, 3.05) is 21.9 Å². The monoisotopic (exact) mass is 264 g/mol. The SMILES string of the molecule is O=C1Nc2ccccc2N2CN(c3ccccc3)N=C12. The lowest BCUT2D eigenvalue weighted by Gasteiger charge is -2.27. The maximum Gasteiger partial charge on any atom is 0.293 e. The Morgan fingerprint density at radius 3 is 2.60 bits per heavy atom. The van der Waals surface area contributed by atoms with E-state index >= 15 is 0 Å². The van der Waals surface area contributed by atoms with Crippen molar-refractivity contribution in [3.05, 3.63) is 54.6 Å². The van der Waals surface area contributed by atoms with Gasteiger partial charge >= 0.3 is 0 Å². The molecule has 98 valence electrons. The number of hydrogen-bond donors (Lipinski definition) is 1. The van der Waals surface area contributed by atoms with Crippen molar-refractivity contribution < 1.29 is 4.79 Å². The summed E-state index contributed by atoms with van der Waals surface area (Å²) in [5.74, 6) is 0.273. The van der Waals surface area contributed by atoms with Crippen LogP contribution in [-0.4, -0.2) is 18.4 Å². The van der Waals surface area contributed by atoms with Gasteiger partial charge in [-0.3, -0.25) is 9.69 Å². The number of nitrogens with zero attached hydrogens (tertiary/aromatic N) is 3. The van der Waals surface area contributed by atoms with Crippen molar-refractivity contribution in [2.24, 2.45) is 5.10 Å². The molecule has 1 N–H and O–H groups in total. The van der Waals surface area contributed by atoms with E-state index in [1.165, 1.54) is 0 Å². The van der Waals surface area contributed by atoms with Crippen LogP contribution in [0, 0.1) is 0 Å². The molecule has 4 rings (SSSR count). The van der Waals surface area contributed by atoms with Crippen LogP contribution in [0.25, 0.3) is 0 Å². The Kier molecular flexibility index (Phi) is 2.26. The van der Waals surface area contributed by atoms with Crippen LogP contribution in [0.2, 0.25) is 0 Å². The van der Waals surface area contributed by atoms with E-state index in [-0.39, 0.29) is 5.91 Å². The van der Waals surface area contributed by atoms with E-state index in [0.29, 0.717) is 12.5 Å². The van der Waals surface area contributed by atoms with Crippen LogP contribution >= 0.6 is 0 Å². The highest BCUT2D eigenvalue weighted by Crippen LogP contribution is 2.33. The molecule has 2 aliphatic rings. The van der Waals surface area contributed by atoms with Crippen LogP contribution in [-0.2, 0) is 4.79 Å². The van der Waals surface area contributed by atoms with Gasteiger partial charge in [-0.15, -0.1) is 5.10 Å². The Hall–Kier alpha value is -2.82. The number of para-hydroxylation sites is 3. The minimum Gasteiger partial charge on any atom is -0.317 e. The molecule has 2 heterocycles. The molecule has 2 aromatic carbocycles. The number of nitrogens with one attached hydrogen (secondary N) is 1. The molecule has 0 radical (unpaired) electrons. The van der Waals surface area contributed by atoms with Gasteiger partial charge in [-0.25, -0.2) is 5.01 Å². The van der Waals surface area contributed by atoms with Gasteiger partial charge in [0.15, 0.2) is 0 Å². The fourth-order valence-corrected chi connectivity index (χ4v) is 2.49. The number of anilines is 3. The van der Waals surface area contributed by atoms with Gasteiger partial charge in [-0.1, -0.05) is 30.3 Å². The number of carbonyl (C=O) groups is 1. The van der Waals surface area contributed by atoms with Gasteiger partial charge in [0.05, 0.1) is 17.1 Å². The van der Waals surface area contributed by atoms with Gasteiger partial charge in [-0.05, 0) is 24.3 Å². The molecule has 0 fully saturated rings. The maximum absolute atomic E-state index is 12.1. The van der Waals surface area contributed by atoms with Crippen LogP contribution in [0.3, 0.4) is 0 Å². The summed E-state index contributed by atoms with van der Waals surface area (Å²) >= 11 is 0. The third-order valence-corrected chi connectivity index (χ3v) is 3.45. The third-order valence-electron chi connectivity index (χ3n) is 3.45. The number of amides is 1. The van der Waals surface area contributed by atoms with Gasteiger partial charge in [-0.2, -0.15) is 0 Å². The summed E-state index contributed by atoms with van der Waals surface area (Å²) in [6.45, 7) is 0.545. The summed E-state index contributed by atoms with van der Waals surface area (Å²) in [5.41, 5.74) is 2.77. The van der Waals surface area contributed by atoms with Crippen molar-refractivity contribution >= 4 is 28.8 Å². The fraction of sp³-hybridized carbons (Fsp3) is 0.0667. The Morgan fingerprint density at radius 1 is 1.00 bits per heavy atom. The van der Waals surface area contributed by atoms with Gasteiger partial charge in [0.2, 0.25) is 5.84 Å². The molecule has 2 aliphatic heterocycles. The average molecular weight is 264 g/mol. The molecule has 0 bridgehead atoms. The van der Waals surface area contributed by atoms with Gasteiger partial charge in [0.1, 0.15) is 6.67 Å². The second kappa shape index (κ2) is 4.09. The van der Waals surface area contributed by atoms with Gasteiger partial charge in [0, 0.05) is 0 Å². The zero-order chi connectivity index (χ0) is 13.5. The Labute approximate surface area is 116 Å². The first-order valence-corrected chi connectivity index (χ1v) is 6.42. The molecule has 0 spiro atoms. The molecule has 0 aromatic heterocycles. The van der Waals surface area contributed by atoms with E-state index in [1.54, 1.807) is 0 Å². The van der Waals surface area contributed by atoms with Crippen LogP contribution in [0.1, 0.15) is 0 Å². The number of hydrogen-bond acceptors (Lipinski definition) is 4. The molecule has 0 saturated heterocycles. The van der Waals surface area contributed by atoms with E-state index in [0.717, 1.165) is 17.1 Å². The largest absolute Gasteiger partial charge is 0.317 e. The highest BCUT2D eigenvalue weighted by Gasteiger charge is 2.35. The van der Waals surface area contributed by atoms with Crippen molar-refractivity contribution in [2.45, 2.75) is 0 Å². The molecule has 0 unspecified atom stereocenters. The molecule has 0 aliphatic carbocycles. The first kappa shape index (κ1) is 11.0. The minimum absolute atomic E-state index is 0.165. The zero-order valence-corrected chi connectivity index (χ0v) is 10.7. The zero-order valence-electron chi connectivity index (χ0n) is 10.7. The molecule has 20 heavy (non-hydrogen) atoms. The molecular formula is C15H12N4O. The van der Waals surface area contributed by atoms with Crippen LogP contribution in [0.4, 0.5) is 17.1 Å². The lowest BCUT2D eigenvalue weighted by Crippen LogP contribution is -2.42. The normalized spacial score (nSPS) is 16.4. The summed E-state index contributed by atoms with van der Waals surface area (Å²) in [6, 6.07) is 17.6. The molecule has 1 amide bonds. The summed E-state index contributed by atoms with van der Waals surface area (Å²) < 4.78 is 0. The van der Waals surface area contributed by atoms with Crippen molar-refractivity contribution in [1.29, 1.82) is 0 Å². The smallest absolute Gasteiger partial charge is 0.293 e. The second-order valence-electron chi connectivity index (χ2n) is 4.70. The van der Waals surface area contributed by atoms with Crippen LogP contribution < -0.4 is 15.2 Å². The van der Waals surface area contributed by atoms with E-state index < -0.39 is 0 Å². The van der Waals surface area contributed by atoms with Crippen molar-refractivity contribution in [3.63, 3.8) is 0 Å². The lowest BCUT2D eigenvalue weighted by molar-refractivity contribution is -0.110. The Morgan fingerprint density at radius 2 is 1.75 bits per heavy atom.